The van der Waals surface area contributed by atoms with Gasteiger partial charge in [0.15, 0.2) is 0 Å². The smallest absolute Gasteiger partial charge is 0.465 e. The van der Waals surface area contributed by atoms with Crippen LogP contribution in [0.3, 0.4) is 0 Å². The molecule has 1 aliphatic heterocycles. The zero-order chi connectivity index (χ0) is 17.4. The molecule has 1 amide bonds. The van der Waals surface area contributed by atoms with Crippen LogP contribution in [-0.2, 0) is 15.9 Å². The third-order valence-corrected chi connectivity index (χ3v) is 4.88. The molecule has 0 unspecified atom stereocenters. The van der Waals surface area contributed by atoms with Gasteiger partial charge in [-0.1, -0.05) is 0 Å². The Balaban J connectivity index is 2.29. The van der Waals surface area contributed by atoms with Crippen LogP contribution in [-0.4, -0.2) is 45.9 Å². The van der Waals surface area contributed by atoms with Crippen molar-refractivity contribution in [3.05, 3.63) is 23.5 Å². The average molecular weight is 320 g/mol. The predicted molar refractivity (Wildman–Crippen MR) is 88.8 cm³/mol. The van der Waals surface area contributed by atoms with E-state index < -0.39 is 24.4 Å². The van der Waals surface area contributed by atoms with Crippen LogP contribution in [0.25, 0.3) is 0 Å². The number of rotatable bonds is 4. The van der Waals surface area contributed by atoms with Gasteiger partial charge in [0.05, 0.1) is 17.7 Å². The van der Waals surface area contributed by atoms with Crippen LogP contribution in [0.1, 0.15) is 45.7 Å². The van der Waals surface area contributed by atoms with Gasteiger partial charge in [-0.05, 0) is 52.7 Å². The summed E-state index contributed by atoms with van der Waals surface area (Å²) in [5.74, 6) is 0. The first-order valence-electron chi connectivity index (χ1n) is 7.86. The summed E-state index contributed by atoms with van der Waals surface area (Å²) in [7, 11) is -0.493. The maximum absolute atomic E-state index is 11.2. The molecule has 1 aliphatic rings. The van der Waals surface area contributed by atoms with Crippen LogP contribution in [0.2, 0.25) is 0 Å². The molecule has 0 aliphatic carbocycles. The van der Waals surface area contributed by atoms with Gasteiger partial charge in [-0.15, -0.1) is 0 Å². The normalized spacial score (nSPS) is 19.0. The second-order valence-electron chi connectivity index (χ2n) is 6.90. The fourth-order valence-electron chi connectivity index (χ4n) is 2.47. The predicted octanol–water partition coefficient (Wildman–Crippen LogP) is 2.19. The summed E-state index contributed by atoms with van der Waals surface area (Å²) in [6.45, 7) is 12.5. The first-order valence-corrected chi connectivity index (χ1v) is 7.86. The van der Waals surface area contributed by atoms with Gasteiger partial charge in [0.25, 0.3) is 0 Å². The molecule has 23 heavy (non-hydrogen) atoms. The van der Waals surface area contributed by atoms with Crippen LogP contribution in [0.5, 0.6) is 0 Å². The summed E-state index contributed by atoms with van der Waals surface area (Å²) in [5, 5.41) is 9.20. The maximum Gasteiger partial charge on any atom is 0.496 e. The Kier molecular flexibility index (Phi) is 4.73. The summed E-state index contributed by atoms with van der Waals surface area (Å²) in [5.41, 5.74) is 1.83. The SMILES string of the molecule is CCN(Cc1cncc(B2OC(C)(C)C(C)(C)O2)c1C)C(=O)O. The molecule has 0 spiro atoms. The van der Waals surface area contributed by atoms with Gasteiger partial charge >= 0.3 is 13.2 Å². The van der Waals surface area contributed by atoms with Gasteiger partial charge in [0.2, 0.25) is 0 Å². The zero-order valence-electron chi connectivity index (χ0n) is 14.7. The highest BCUT2D eigenvalue weighted by Gasteiger charge is 2.52. The van der Waals surface area contributed by atoms with Crippen molar-refractivity contribution in [3.63, 3.8) is 0 Å². The first-order chi connectivity index (χ1) is 10.6. The highest BCUT2D eigenvalue weighted by molar-refractivity contribution is 6.62. The summed E-state index contributed by atoms with van der Waals surface area (Å²) in [4.78, 5) is 16.8. The molecule has 0 bridgehead atoms. The van der Waals surface area contributed by atoms with E-state index in [1.165, 1.54) is 4.90 Å². The maximum atomic E-state index is 11.2. The van der Waals surface area contributed by atoms with Crippen molar-refractivity contribution in [2.24, 2.45) is 0 Å². The van der Waals surface area contributed by atoms with E-state index in [-0.39, 0.29) is 0 Å². The molecule has 1 N–H and O–H groups in total. The number of nitrogens with zero attached hydrogens (tertiary/aromatic N) is 2. The lowest BCUT2D eigenvalue weighted by Crippen LogP contribution is -2.41. The lowest BCUT2D eigenvalue weighted by molar-refractivity contribution is 0.00578. The summed E-state index contributed by atoms with van der Waals surface area (Å²) < 4.78 is 12.1. The number of pyridine rings is 1. The topological polar surface area (TPSA) is 71.9 Å². The Labute approximate surface area is 137 Å². The zero-order valence-corrected chi connectivity index (χ0v) is 14.7. The molecule has 1 aromatic heterocycles. The molecule has 1 aromatic rings. The minimum absolute atomic E-state index is 0.304. The van der Waals surface area contributed by atoms with Crippen molar-refractivity contribution >= 4 is 18.7 Å². The Hall–Kier alpha value is -1.60. The Morgan fingerprint density at radius 2 is 1.83 bits per heavy atom. The Morgan fingerprint density at radius 1 is 1.26 bits per heavy atom. The van der Waals surface area contributed by atoms with Crippen molar-refractivity contribution in [1.29, 1.82) is 0 Å². The largest absolute Gasteiger partial charge is 0.496 e. The third kappa shape index (κ3) is 3.35. The summed E-state index contributed by atoms with van der Waals surface area (Å²) in [6, 6.07) is 0. The molecule has 0 radical (unpaired) electrons. The van der Waals surface area contributed by atoms with Crippen LogP contribution >= 0.6 is 0 Å². The molecule has 0 atom stereocenters. The summed E-state index contributed by atoms with van der Waals surface area (Å²) >= 11 is 0. The third-order valence-electron chi connectivity index (χ3n) is 4.88. The number of amides is 1. The van der Waals surface area contributed by atoms with E-state index in [1.807, 2.05) is 41.5 Å². The molecular formula is C16H25BN2O4. The van der Waals surface area contributed by atoms with E-state index in [4.69, 9.17) is 9.31 Å². The molecular weight excluding hydrogens is 295 g/mol. The number of aromatic nitrogens is 1. The average Bonchev–Trinajstić information content (AvgIpc) is 2.65. The van der Waals surface area contributed by atoms with Gasteiger partial charge in [-0.2, -0.15) is 0 Å². The van der Waals surface area contributed by atoms with E-state index in [0.717, 1.165) is 16.6 Å². The van der Waals surface area contributed by atoms with Crippen LogP contribution in [0, 0.1) is 6.92 Å². The molecule has 2 rings (SSSR count). The van der Waals surface area contributed by atoms with Crippen LogP contribution in [0.15, 0.2) is 12.4 Å². The minimum Gasteiger partial charge on any atom is -0.465 e. The molecule has 6 nitrogen and oxygen atoms in total. The van der Waals surface area contributed by atoms with E-state index in [2.05, 4.69) is 4.98 Å². The number of hydrogen-bond donors (Lipinski definition) is 1. The lowest BCUT2D eigenvalue weighted by Gasteiger charge is -2.32. The quantitative estimate of drug-likeness (QED) is 0.861. The van der Waals surface area contributed by atoms with E-state index in [9.17, 15) is 9.90 Å². The monoisotopic (exact) mass is 320 g/mol. The highest BCUT2D eigenvalue weighted by Crippen LogP contribution is 2.36. The molecule has 2 heterocycles. The number of carboxylic acid groups (broad SMARTS) is 1. The second kappa shape index (κ2) is 6.13. The standard InChI is InChI=1S/C16H25BN2O4/c1-7-19(14(20)21)10-12-8-18-9-13(11(12)2)17-22-15(3,4)16(5,6)23-17/h8-9H,7,10H2,1-6H3,(H,20,21). The number of hydrogen-bond acceptors (Lipinski definition) is 4. The van der Waals surface area contributed by atoms with Gasteiger partial charge in [0.1, 0.15) is 0 Å². The van der Waals surface area contributed by atoms with Gasteiger partial charge in [-0.3, -0.25) is 4.98 Å². The Bertz CT molecular complexity index is 588. The number of carbonyl (C=O) groups is 1. The molecule has 1 fully saturated rings. The molecule has 126 valence electrons. The van der Waals surface area contributed by atoms with E-state index >= 15 is 0 Å². The minimum atomic E-state index is -0.937. The lowest BCUT2D eigenvalue weighted by atomic mass is 9.76. The van der Waals surface area contributed by atoms with Crippen LogP contribution < -0.4 is 5.46 Å². The van der Waals surface area contributed by atoms with E-state index in [0.29, 0.717) is 13.1 Å². The van der Waals surface area contributed by atoms with Crippen molar-refractivity contribution in [3.8, 4) is 0 Å². The highest BCUT2D eigenvalue weighted by atomic mass is 16.7. The summed E-state index contributed by atoms with van der Waals surface area (Å²) in [6.07, 6.45) is 2.50. The molecule has 7 heteroatoms. The van der Waals surface area contributed by atoms with Crippen LogP contribution in [0.4, 0.5) is 4.79 Å². The second-order valence-corrected chi connectivity index (χ2v) is 6.90. The van der Waals surface area contributed by atoms with Crippen molar-refractivity contribution in [2.75, 3.05) is 6.54 Å². The molecule has 0 saturated carbocycles. The van der Waals surface area contributed by atoms with Gasteiger partial charge in [-0.25, -0.2) is 4.79 Å². The van der Waals surface area contributed by atoms with Crippen molar-refractivity contribution in [2.45, 2.75) is 59.3 Å². The Morgan fingerprint density at radius 3 is 2.30 bits per heavy atom. The van der Waals surface area contributed by atoms with Gasteiger partial charge < -0.3 is 19.3 Å². The molecule has 0 aromatic carbocycles. The molecule has 1 saturated heterocycles. The van der Waals surface area contributed by atoms with Crippen molar-refractivity contribution < 1.29 is 19.2 Å². The van der Waals surface area contributed by atoms with Crippen molar-refractivity contribution in [1.82, 2.24) is 9.88 Å². The van der Waals surface area contributed by atoms with Gasteiger partial charge in [0, 0.05) is 24.4 Å². The van der Waals surface area contributed by atoms with E-state index in [1.54, 1.807) is 12.4 Å². The fraction of sp³-hybridized carbons (Fsp3) is 0.625. The fourth-order valence-corrected chi connectivity index (χ4v) is 2.47. The first kappa shape index (κ1) is 17.8.